The fourth-order valence-corrected chi connectivity index (χ4v) is 2.82. The van der Waals surface area contributed by atoms with Gasteiger partial charge in [-0.25, -0.2) is 15.0 Å². The Morgan fingerprint density at radius 1 is 0.562 bits per heavy atom. The molecule has 32 heavy (non-hydrogen) atoms. The molecular formula is C25H39N3O4. The maximum Gasteiger partial charge on any atom is 0.232 e. The van der Waals surface area contributed by atoms with Crippen LogP contribution in [0.3, 0.4) is 0 Å². The molecule has 0 fully saturated rings. The third kappa shape index (κ3) is 11.4. The van der Waals surface area contributed by atoms with Crippen LogP contribution in [0.4, 0.5) is 0 Å². The number of rotatable bonds is 19. The number of aromatic nitrogens is 3. The van der Waals surface area contributed by atoms with Gasteiger partial charge in [-0.3, -0.25) is 0 Å². The number of pyridine rings is 1. The van der Waals surface area contributed by atoms with Crippen LogP contribution in [0.2, 0.25) is 0 Å². The lowest BCUT2D eigenvalue weighted by Gasteiger charge is -2.08. The van der Waals surface area contributed by atoms with E-state index in [-0.39, 0.29) is 0 Å². The molecule has 0 unspecified atom stereocenters. The van der Waals surface area contributed by atoms with Crippen LogP contribution < -0.4 is 9.47 Å². The average molecular weight is 446 g/mol. The molecule has 0 aliphatic rings. The first kappa shape index (κ1) is 26.0. The maximum atomic E-state index is 5.70. The summed E-state index contributed by atoms with van der Waals surface area (Å²) in [4.78, 5) is 13.2. The van der Waals surface area contributed by atoms with E-state index in [1.807, 2.05) is 12.1 Å². The van der Waals surface area contributed by atoms with E-state index in [9.17, 15) is 0 Å². The predicted octanol–water partition coefficient (Wildman–Crippen LogP) is 5.49. The summed E-state index contributed by atoms with van der Waals surface area (Å²) in [5.74, 6) is 1.15. The summed E-state index contributed by atoms with van der Waals surface area (Å²) in [6.07, 6.45) is 13.6. The zero-order valence-electron chi connectivity index (χ0n) is 19.8. The molecule has 0 spiro atoms. The highest BCUT2D eigenvalue weighted by Crippen LogP contribution is 2.19. The quantitative estimate of drug-likeness (QED) is 0.265. The van der Waals surface area contributed by atoms with Gasteiger partial charge in [-0.1, -0.05) is 26.7 Å². The van der Waals surface area contributed by atoms with Crippen LogP contribution >= 0.6 is 0 Å². The third-order valence-electron chi connectivity index (χ3n) is 4.81. The Labute approximate surface area is 192 Å². The standard InChI is InChI=1S/C25H39N3O4/c1-3-5-13-29-15-7-9-17-31-24-12-11-22(19-27-24)23-20-28-25(21-26-23)32-18-10-8-16-30-14-6-4-2/h11-12,19-21H,3-10,13-18H2,1-2H3. The highest BCUT2D eigenvalue weighted by Gasteiger charge is 2.04. The summed E-state index contributed by atoms with van der Waals surface area (Å²) >= 11 is 0. The fraction of sp³-hybridized carbons (Fsp3) is 0.640. The van der Waals surface area contributed by atoms with Gasteiger partial charge >= 0.3 is 0 Å². The number of hydrogen-bond acceptors (Lipinski definition) is 7. The van der Waals surface area contributed by atoms with Crippen molar-refractivity contribution >= 4 is 0 Å². The van der Waals surface area contributed by atoms with Gasteiger partial charge in [0.1, 0.15) is 0 Å². The van der Waals surface area contributed by atoms with Crippen molar-refractivity contribution in [3.8, 4) is 23.0 Å². The summed E-state index contributed by atoms with van der Waals surface area (Å²) in [5, 5.41) is 0. The van der Waals surface area contributed by atoms with Gasteiger partial charge in [0.25, 0.3) is 0 Å². The zero-order valence-corrected chi connectivity index (χ0v) is 19.8. The Bertz CT molecular complexity index is 634. The van der Waals surface area contributed by atoms with E-state index in [0.29, 0.717) is 25.0 Å². The molecule has 0 atom stereocenters. The van der Waals surface area contributed by atoms with Crippen molar-refractivity contribution in [3.63, 3.8) is 0 Å². The molecule has 7 heteroatoms. The second kappa shape index (κ2) is 17.3. The lowest BCUT2D eigenvalue weighted by Crippen LogP contribution is -2.03. The average Bonchev–Trinajstić information content (AvgIpc) is 2.83. The van der Waals surface area contributed by atoms with E-state index in [1.54, 1.807) is 18.6 Å². The van der Waals surface area contributed by atoms with E-state index in [0.717, 1.165) is 76.2 Å². The van der Waals surface area contributed by atoms with Gasteiger partial charge in [-0.05, 0) is 44.6 Å². The topological polar surface area (TPSA) is 75.6 Å². The van der Waals surface area contributed by atoms with E-state index < -0.39 is 0 Å². The Kier molecular flexibility index (Phi) is 14.1. The van der Waals surface area contributed by atoms with Crippen LogP contribution in [0, 0.1) is 0 Å². The van der Waals surface area contributed by atoms with Gasteiger partial charge in [0.05, 0.1) is 31.3 Å². The molecule has 2 heterocycles. The van der Waals surface area contributed by atoms with Gasteiger partial charge in [0, 0.05) is 44.3 Å². The Morgan fingerprint density at radius 2 is 1.12 bits per heavy atom. The van der Waals surface area contributed by atoms with Gasteiger partial charge < -0.3 is 18.9 Å². The molecule has 7 nitrogen and oxygen atoms in total. The lowest BCUT2D eigenvalue weighted by molar-refractivity contribution is 0.123. The first-order chi connectivity index (χ1) is 15.8. The second-order valence-electron chi connectivity index (χ2n) is 7.67. The Balaban J connectivity index is 1.61. The summed E-state index contributed by atoms with van der Waals surface area (Å²) < 4.78 is 22.5. The molecule has 2 aromatic heterocycles. The predicted molar refractivity (Wildman–Crippen MR) is 126 cm³/mol. The van der Waals surface area contributed by atoms with E-state index >= 15 is 0 Å². The molecule has 2 rings (SSSR count). The summed E-state index contributed by atoms with van der Waals surface area (Å²) in [5.41, 5.74) is 1.65. The number of hydrogen-bond donors (Lipinski definition) is 0. The van der Waals surface area contributed by atoms with Crippen molar-refractivity contribution in [2.45, 2.75) is 65.2 Å². The van der Waals surface area contributed by atoms with Crippen LogP contribution in [0.1, 0.15) is 65.2 Å². The number of nitrogens with zero attached hydrogens (tertiary/aromatic N) is 3. The van der Waals surface area contributed by atoms with Gasteiger partial charge in [0.2, 0.25) is 11.8 Å². The Hall–Kier alpha value is -2.25. The van der Waals surface area contributed by atoms with Crippen molar-refractivity contribution in [2.75, 3.05) is 39.6 Å². The molecule has 2 aromatic rings. The van der Waals surface area contributed by atoms with Crippen LogP contribution in [0.5, 0.6) is 11.8 Å². The van der Waals surface area contributed by atoms with Crippen LogP contribution in [0.15, 0.2) is 30.7 Å². The normalized spacial score (nSPS) is 10.9. The van der Waals surface area contributed by atoms with Crippen LogP contribution in [-0.4, -0.2) is 54.6 Å². The molecule has 0 saturated carbocycles. The zero-order chi connectivity index (χ0) is 22.7. The smallest absolute Gasteiger partial charge is 0.232 e. The van der Waals surface area contributed by atoms with Gasteiger partial charge in [0.15, 0.2) is 0 Å². The monoisotopic (exact) mass is 445 g/mol. The maximum absolute atomic E-state index is 5.70. The van der Waals surface area contributed by atoms with Crippen molar-refractivity contribution < 1.29 is 18.9 Å². The lowest BCUT2D eigenvalue weighted by atomic mass is 10.2. The molecule has 0 aliphatic carbocycles. The SMILES string of the molecule is CCCCOCCCCOc1ccc(-c2cnc(OCCCCOCCCC)cn2)cn1. The number of ether oxygens (including phenoxy) is 4. The minimum Gasteiger partial charge on any atom is -0.478 e. The third-order valence-corrected chi connectivity index (χ3v) is 4.81. The molecule has 0 bridgehead atoms. The largest absolute Gasteiger partial charge is 0.478 e. The minimum atomic E-state index is 0.534. The molecule has 178 valence electrons. The molecule has 0 radical (unpaired) electrons. The van der Waals surface area contributed by atoms with Crippen LogP contribution in [0.25, 0.3) is 11.3 Å². The van der Waals surface area contributed by atoms with E-state index in [4.69, 9.17) is 18.9 Å². The molecule has 0 saturated heterocycles. The summed E-state index contributed by atoms with van der Waals surface area (Å²) in [6.45, 7) is 8.87. The number of unbranched alkanes of at least 4 members (excludes halogenated alkanes) is 4. The molecule has 0 aromatic carbocycles. The van der Waals surface area contributed by atoms with Gasteiger partial charge in [-0.2, -0.15) is 0 Å². The fourth-order valence-electron chi connectivity index (χ4n) is 2.82. The Morgan fingerprint density at radius 3 is 1.66 bits per heavy atom. The van der Waals surface area contributed by atoms with Crippen molar-refractivity contribution in [1.29, 1.82) is 0 Å². The summed E-state index contributed by atoms with van der Waals surface area (Å²) in [6, 6.07) is 3.81. The van der Waals surface area contributed by atoms with Crippen molar-refractivity contribution in [1.82, 2.24) is 15.0 Å². The minimum absolute atomic E-state index is 0.534. The molecular weight excluding hydrogens is 406 g/mol. The summed E-state index contributed by atoms with van der Waals surface area (Å²) in [7, 11) is 0. The second-order valence-corrected chi connectivity index (χ2v) is 7.67. The van der Waals surface area contributed by atoms with Crippen molar-refractivity contribution in [3.05, 3.63) is 30.7 Å². The molecule has 0 amide bonds. The molecule has 0 aliphatic heterocycles. The van der Waals surface area contributed by atoms with Crippen molar-refractivity contribution in [2.24, 2.45) is 0 Å². The highest BCUT2D eigenvalue weighted by atomic mass is 16.5. The molecule has 0 N–H and O–H groups in total. The van der Waals surface area contributed by atoms with Crippen LogP contribution in [-0.2, 0) is 9.47 Å². The van der Waals surface area contributed by atoms with Gasteiger partial charge in [-0.15, -0.1) is 0 Å². The van der Waals surface area contributed by atoms with E-state index in [1.165, 1.54) is 12.8 Å². The van der Waals surface area contributed by atoms with E-state index in [2.05, 4.69) is 28.8 Å². The first-order valence-electron chi connectivity index (χ1n) is 12.0. The first-order valence-corrected chi connectivity index (χ1v) is 12.0. The highest BCUT2D eigenvalue weighted by molar-refractivity contribution is 5.57.